The number of carbonyl (C=O) groups excluding carboxylic acids is 6. The van der Waals surface area contributed by atoms with E-state index in [9.17, 15) is 28.8 Å². The Kier molecular flexibility index (Phi) is 13.8. The molecule has 5 rings (SSSR count). The molecule has 0 heterocycles. The molecule has 0 aliphatic carbocycles. The number of hydrogen-bond acceptors (Lipinski definition) is 12. The van der Waals surface area contributed by atoms with E-state index in [0.29, 0.717) is 47.1 Å². The highest BCUT2D eigenvalue weighted by Crippen LogP contribution is 2.28. The molecule has 5 aromatic carbocycles. The van der Waals surface area contributed by atoms with Crippen molar-refractivity contribution < 1.29 is 57.2 Å². The second-order valence-corrected chi connectivity index (χ2v) is 12.4. The van der Waals surface area contributed by atoms with Gasteiger partial charge in [0.1, 0.15) is 23.0 Å². The van der Waals surface area contributed by atoms with Crippen LogP contribution < -0.4 is 18.9 Å². The van der Waals surface area contributed by atoms with Gasteiger partial charge in [0.05, 0.1) is 17.7 Å². The molecule has 0 aromatic heterocycles. The van der Waals surface area contributed by atoms with Crippen molar-refractivity contribution in [3.8, 4) is 23.0 Å². The van der Waals surface area contributed by atoms with Crippen LogP contribution in [0.25, 0.3) is 21.5 Å². The number of hydrogen-bond donors (Lipinski definition) is 0. The van der Waals surface area contributed by atoms with Crippen LogP contribution in [0.2, 0.25) is 0 Å². The SMILES string of the molecule is C=CC(=O)OCCCCCCC(=O)Oc1ccc2cc(C(=O)Oc3ccc(OC(=O)c4ccc5cc(OC(=O)COC(=O)C=C)ccc5c4)cc3C)ccc2c1. The molecule has 0 amide bonds. The van der Waals surface area contributed by atoms with Gasteiger partial charge in [0.25, 0.3) is 0 Å². The van der Waals surface area contributed by atoms with E-state index in [2.05, 4.69) is 17.9 Å². The van der Waals surface area contributed by atoms with Crippen molar-refractivity contribution in [2.75, 3.05) is 13.2 Å². The lowest BCUT2D eigenvalue weighted by Gasteiger charge is -2.11. The number of unbranched alkanes of at least 4 members (excludes halogenated alkanes) is 3. The predicted octanol–water partition coefficient (Wildman–Crippen LogP) is 7.96. The molecule has 0 aliphatic heterocycles. The van der Waals surface area contributed by atoms with Crippen molar-refractivity contribution >= 4 is 57.4 Å². The molecule has 0 unspecified atom stereocenters. The van der Waals surface area contributed by atoms with Crippen LogP contribution in [0.3, 0.4) is 0 Å². The molecule has 56 heavy (non-hydrogen) atoms. The smallest absolute Gasteiger partial charge is 0.349 e. The summed E-state index contributed by atoms with van der Waals surface area (Å²) in [5.74, 6) is -2.32. The average Bonchev–Trinajstić information content (AvgIpc) is 3.19. The van der Waals surface area contributed by atoms with Gasteiger partial charge in [-0.1, -0.05) is 50.3 Å². The average molecular weight is 759 g/mol. The number of benzene rings is 5. The minimum atomic E-state index is -0.759. The number of esters is 6. The van der Waals surface area contributed by atoms with Gasteiger partial charge in [-0.25, -0.2) is 24.0 Å². The normalized spacial score (nSPS) is 10.6. The summed E-state index contributed by atoms with van der Waals surface area (Å²) in [6, 6.07) is 24.5. The first kappa shape index (κ1) is 40.1. The molecular formula is C44H38O12. The van der Waals surface area contributed by atoms with E-state index in [1.165, 1.54) is 6.07 Å². The van der Waals surface area contributed by atoms with Gasteiger partial charge in [-0.2, -0.15) is 0 Å². The van der Waals surface area contributed by atoms with Gasteiger partial charge in [0, 0.05) is 18.6 Å². The Balaban J connectivity index is 1.11. The van der Waals surface area contributed by atoms with Crippen LogP contribution in [0.15, 0.2) is 116 Å². The van der Waals surface area contributed by atoms with Crippen LogP contribution in [0.5, 0.6) is 23.0 Å². The Morgan fingerprint density at radius 3 is 1.62 bits per heavy atom. The van der Waals surface area contributed by atoms with E-state index in [4.69, 9.17) is 23.7 Å². The second kappa shape index (κ2) is 19.3. The van der Waals surface area contributed by atoms with Crippen molar-refractivity contribution in [2.45, 2.75) is 39.0 Å². The number of carbonyl (C=O) groups is 6. The molecule has 0 spiro atoms. The molecule has 0 saturated heterocycles. The van der Waals surface area contributed by atoms with Crippen LogP contribution in [-0.4, -0.2) is 49.0 Å². The monoisotopic (exact) mass is 758 g/mol. The molecule has 12 nitrogen and oxygen atoms in total. The lowest BCUT2D eigenvalue weighted by atomic mass is 10.1. The van der Waals surface area contributed by atoms with Gasteiger partial charge in [-0.15, -0.1) is 0 Å². The minimum absolute atomic E-state index is 0.237. The highest BCUT2D eigenvalue weighted by molar-refractivity contribution is 5.98. The largest absolute Gasteiger partial charge is 0.463 e. The molecule has 0 bridgehead atoms. The molecule has 0 saturated carbocycles. The molecule has 0 aliphatic rings. The maximum atomic E-state index is 13.1. The summed E-state index contributed by atoms with van der Waals surface area (Å²) in [5, 5.41) is 2.90. The third-order valence-corrected chi connectivity index (χ3v) is 8.30. The molecule has 12 heteroatoms. The van der Waals surface area contributed by atoms with E-state index in [1.54, 1.807) is 91.9 Å². The van der Waals surface area contributed by atoms with Gasteiger partial charge < -0.3 is 28.4 Å². The highest BCUT2D eigenvalue weighted by Gasteiger charge is 2.16. The van der Waals surface area contributed by atoms with Gasteiger partial charge in [-0.3, -0.25) is 4.79 Å². The molecule has 0 radical (unpaired) electrons. The summed E-state index contributed by atoms with van der Waals surface area (Å²) >= 11 is 0. The van der Waals surface area contributed by atoms with Crippen molar-refractivity contribution in [2.24, 2.45) is 0 Å². The molecule has 0 atom stereocenters. The first-order valence-electron chi connectivity index (χ1n) is 17.6. The van der Waals surface area contributed by atoms with Crippen LogP contribution in [0.4, 0.5) is 0 Å². The number of fused-ring (bicyclic) bond motifs is 2. The Labute approximate surface area is 322 Å². The Morgan fingerprint density at radius 2 is 1.02 bits per heavy atom. The number of aryl methyl sites for hydroxylation is 1. The van der Waals surface area contributed by atoms with Crippen LogP contribution >= 0.6 is 0 Å². The van der Waals surface area contributed by atoms with E-state index < -0.39 is 36.5 Å². The van der Waals surface area contributed by atoms with E-state index >= 15 is 0 Å². The quantitative estimate of drug-likeness (QED) is 0.0391. The summed E-state index contributed by atoms with van der Waals surface area (Å²) in [4.78, 5) is 72.6. The van der Waals surface area contributed by atoms with Gasteiger partial charge >= 0.3 is 35.8 Å². The second-order valence-electron chi connectivity index (χ2n) is 12.4. The molecule has 0 fully saturated rings. The van der Waals surface area contributed by atoms with Crippen molar-refractivity contribution in [3.63, 3.8) is 0 Å². The third kappa shape index (κ3) is 11.5. The summed E-state index contributed by atoms with van der Waals surface area (Å²) in [7, 11) is 0. The lowest BCUT2D eigenvalue weighted by molar-refractivity contribution is -0.150. The number of rotatable bonds is 17. The van der Waals surface area contributed by atoms with Crippen molar-refractivity contribution in [3.05, 3.63) is 133 Å². The van der Waals surface area contributed by atoms with Gasteiger partial charge in [0.2, 0.25) is 0 Å². The van der Waals surface area contributed by atoms with E-state index in [0.717, 1.165) is 35.8 Å². The molecule has 5 aromatic rings. The Morgan fingerprint density at radius 1 is 0.518 bits per heavy atom. The summed E-state index contributed by atoms with van der Waals surface area (Å²) in [6.45, 7) is 8.09. The lowest BCUT2D eigenvalue weighted by Crippen LogP contribution is -2.17. The van der Waals surface area contributed by atoms with Crippen LogP contribution in [0, 0.1) is 6.92 Å². The maximum Gasteiger partial charge on any atom is 0.349 e. The number of ether oxygens (including phenoxy) is 6. The Hall–Kier alpha value is -7.08. The summed E-state index contributed by atoms with van der Waals surface area (Å²) in [5.41, 5.74) is 1.15. The van der Waals surface area contributed by atoms with E-state index in [-0.39, 0.29) is 35.2 Å². The topological polar surface area (TPSA) is 158 Å². The maximum absolute atomic E-state index is 13.1. The fraction of sp³-hybridized carbons (Fsp3) is 0.182. The van der Waals surface area contributed by atoms with Crippen LogP contribution in [-0.2, 0) is 28.7 Å². The molecular weight excluding hydrogens is 720 g/mol. The zero-order valence-corrected chi connectivity index (χ0v) is 30.6. The third-order valence-electron chi connectivity index (χ3n) is 8.30. The zero-order valence-electron chi connectivity index (χ0n) is 30.6. The first-order valence-corrected chi connectivity index (χ1v) is 17.6. The first-order chi connectivity index (χ1) is 27.0. The van der Waals surface area contributed by atoms with Crippen molar-refractivity contribution in [1.82, 2.24) is 0 Å². The summed E-state index contributed by atoms with van der Waals surface area (Å²) < 4.78 is 31.6. The summed E-state index contributed by atoms with van der Waals surface area (Å²) in [6.07, 6.45) is 5.30. The predicted molar refractivity (Wildman–Crippen MR) is 206 cm³/mol. The fourth-order valence-electron chi connectivity index (χ4n) is 5.44. The zero-order chi connectivity index (χ0) is 40.0. The van der Waals surface area contributed by atoms with Gasteiger partial charge in [-0.05, 0) is 114 Å². The molecule has 286 valence electrons. The highest BCUT2D eigenvalue weighted by atomic mass is 16.6. The van der Waals surface area contributed by atoms with Crippen LogP contribution in [0.1, 0.15) is 58.4 Å². The van der Waals surface area contributed by atoms with Gasteiger partial charge in [0.15, 0.2) is 6.61 Å². The van der Waals surface area contributed by atoms with E-state index in [1.807, 2.05) is 0 Å². The fourth-order valence-corrected chi connectivity index (χ4v) is 5.44. The standard InChI is InChI=1S/C44H38O12/c1-4-39(45)51-21-9-7-6-8-10-41(47)53-36-17-15-30-24-34(14-12-31(30)25-36)44(50)56-38-20-19-35(22-28(38)3)55-43(49)33-13-11-32-26-37(18-16-29(32)23-33)54-42(48)27-52-40(46)5-2/h4-5,11-20,22-26H,1-2,6-10,21,27H2,3H3. The molecule has 0 N–H and O–H groups in total. The van der Waals surface area contributed by atoms with Crippen molar-refractivity contribution in [1.29, 1.82) is 0 Å². The minimum Gasteiger partial charge on any atom is -0.463 e. The Bertz CT molecular complexity index is 2320.